The van der Waals surface area contributed by atoms with E-state index in [1.54, 1.807) is 48.5 Å². The number of hydrogen-bond acceptors (Lipinski definition) is 5. The average molecular weight is 600 g/mol. The number of carbonyl (C=O) groups is 2. The third kappa shape index (κ3) is 9.50. The largest absolute Gasteiger partial charge is 0.489 e. The fourth-order valence-electron chi connectivity index (χ4n) is 4.30. The molecule has 0 unspecified atom stereocenters. The molecule has 3 aromatic carbocycles. The number of nitrogens with zero attached hydrogens (tertiary/aromatic N) is 2. The highest BCUT2D eigenvalue weighted by molar-refractivity contribution is 7.92. The number of amides is 2. The lowest BCUT2D eigenvalue weighted by Crippen LogP contribution is -2.52. The van der Waals surface area contributed by atoms with E-state index < -0.39 is 28.5 Å². The van der Waals surface area contributed by atoms with E-state index in [1.807, 2.05) is 44.2 Å². The Morgan fingerprint density at radius 2 is 1.61 bits per heavy atom. The van der Waals surface area contributed by atoms with Crippen LogP contribution in [0, 0.1) is 0 Å². The van der Waals surface area contributed by atoms with Crippen LogP contribution in [0.4, 0.5) is 5.69 Å². The third-order valence-corrected chi connectivity index (χ3v) is 8.08. The summed E-state index contributed by atoms with van der Waals surface area (Å²) in [4.78, 5) is 28.4. The number of rotatable bonds is 15. The summed E-state index contributed by atoms with van der Waals surface area (Å²) in [6.45, 7) is 4.28. The first kappa shape index (κ1) is 32.0. The van der Waals surface area contributed by atoms with E-state index in [1.165, 1.54) is 4.90 Å². The van der Waals surface area contributed by atoms with E-state index in [-0.39, 0.29) is 12.5 Å². The minimum atomic E-state index is -3.85. The summed E-state index contributed by atoms with van der Waals surface area (Å²) in [6.07, 6.45) is 3.13. The van der Waals surface area contributed by atoms with Crippen LogP contribution in [0.25, 0.3) is 0 Å². The van der Waals surface area contributed by atoms with Gasteiger partial charge in [-0.1, -0.05) is 80.4 Å². The molecule has 0 aliphatic rings. The molecule has 10 heteroatoms. The Bertz CT molecular complexity index is 1380. The number of nitrogens with one attached hydrogen (secondary N) is 1. The van der Waals surface area contributed by atoms with Crippen molar-refractivity contribution in [1.82, 2.24) is 10.2 Å². The monoisotopic (exact) mass is 599 g/mol. The Labute approximate surface area is 248 Å². The number of benzene rings is 3. The van der Waals surface area contributed by atoms with Gasteiger partial charge in [-0.3, -0.25) is 13.9 Å². The van der Waals surface area contributed by atoms with Gasteiger partial charge in [0.1, 0.15) is 24.9 Å². The van der Waals surface area contributed by atoms with E-state index in [2.05, 4.69) is 5.32 Å². The fourth-order valence-corrected chi connectivity index (χ4v) is 5.34. The second-order valence-electron chi connectivity index (χ2n) is 9.72. The molecule has 3 rings (SSSR count). The van der Waals surface area contributed by atoms with Gasteiger partial charge >= 0.3 is 0 Å². The molecule has 0 saturated carbocycles. The van der Waals surface area contributed by atoms with Gasteiger partial charge in [0.25, 0.3) is 0 Å². The molecule has 0 radical (unpaired) electrons. The predicted octanol–water partition coefficient (Wildman–Crippen LogP) is 5.41. The maximum absolute atomic E-state index is 13.8. The van der Waals surface area contributed by atoms with Crippen LogP contribution >= 0.6 is 11.6 Å². The van der Waals surface area contributed by atoms with Crippen molar-refractivity contribution in [1.29, 1.82) is 0 Å². The summed E-state index contributed by atoms with van der Waals surface area (Å²) in [5.41, 5.74) is 1.97. The molecule has 0 aromatic heterocycles. The Morgan fingerprint density at radius 1 is 0.951 bits per heavy atom. The van der Waals surface area contributed by atoms with Gasteiger partial charge in [0.2, 0.25) is 21.8 Å². The first-order valence-corrected chi connectivity index (χ1v) is 15.9. The zero-order chi connectivity index (χ0) is 29.8. The van der Waals surface area contributed by atoms with Gasteiger partial charge in [0.05, 0.1) is 11.9 Å². The maximum Gasteiger partial charge on any atom is 0.244 e. The lowest BCUT2D eigenvalue weighted by atomic mass is 10.1. The van der Waals surface area contributed by atoms with Gasteiger partial charge in [-0.05, 0) is 54.3 Å². The van der Waals surface area contributed by atoms with Crippen molar-refractivity contribution in [2.45, 2.75) is 52.3 Å². The fraction of sp³-hybridized carbons (Fsp3) is 0.355. The van der Waals surface area contributed by atoms with Crippen LogP contribution in [0.3, 0.4) is 0 Å². The van der Waals surface area contributed by atoms with Crippen molar-refractivity contribution in [2.75, 3.05) is 23.7 Å². The summed E-state index contributed by atoms with van der Waals surface area (Å²) < 4.78 is 32.6. The molecule has 0 saturated heterocycles. The molecular formula is C31H38ClN3O5S. The SMILES string of the molecule is CCCCNC(=O)[C@@H](CC)N(Cc1ccccc1Cl)C(=O)CN(c1ccc(OCc2ccccc2)cc1)S(C)(=O)=O. The molecule has 0 bridgehead atoms. The van der Waals surface area contributed by atoms with Crippen LogP contribution in [-0.2, 0) is 32.8 Å². The molecule has 0 aliphatic heterocycles. The van der Waals surface area contributed by atoms with Crippen molar-refractivity contribution >= 4 is 39.1 Å². The van der Waals surface area contributed by atoms with Gasteiger partial charge in [-0.25, -0.2) is 8.42 Å². The van der Waals surface area contributed by atoms with E-state index in [0.29, 0.717) is 41.6 Å². The quantitative estimate of drug-likeness (QED) is 0.236. The molecule has 0 heterocycles. The minimum absolute atomic E-state index is 0.0576. The lowest BCUT2D eigenvalue weighted by Gasteiger charge is -2.33. The van der Waals surface area contributed by atoms with Crippen LogP contribution in [-0.4, -0.2) is 50.5 Å². The topological polar surface area (TPSA) is 96.0 Å². The number of anilines is 1. The van der Waals surface area contributed by atoms with Crippen molar-refractivity contribution in [2.24, 2.45) is 0 Å². The highest BCUT2D eigenvalue weighted by atomic mass is 35.5. The summed E-state index contributed by atoms with van der Waals surface area (Å²) in [5.74, 6) is -0.239. The second kappa shape index (κ2) is 15.4. The van der Waals surface area contributed by atoms with Crippen LogP contribution in [0.1, 0.15) is 44.2 Å². The Hall–Kier alpha value is -3.56. The van der Waals surface area contributed by atoms with Gasteiger partial charge in [-0.2, -0.15) is 0 Å². The first-order chi connectivity index (χ1) is 19.6. The molecule has 0 fully saturated rings. The van der Waals surface area contributed by atoms with Crippen LogP contribution < -0.4 is 14.4 Å². The zero-order valence-corrected chi connectivity index (χ0v) is 25.3. The standard InChI is InChI=1S/C31H38ClN3O5S/c1-4-6-20-33-31(37)29(5-2)34(21-25-14-10-11-15-28(25)32)30(36)22-35(41(3,38)39)26-16-18-27(19-17-26)40-23-24-12-8-7-9-13-24/h7-19,29H,4-6,20-23H2,1-3H3,(H,33,37)/t29-/m1/s1. The molecule has 0 spiro atoms. The number of sulfonamides is 1. The summed E-state index contributed by atoms with van der Waals surface area (Å²) in [6, 6.07) is 22.5. The van der Waals surface area contributed by atoms with E-state index in [9.17, 15) is 18.0 Å². The normalized spacial score (nSPS) is 11.9. The van der Waals surface area contributed by atoms with Gasteiger partial charge < -0.3 is 15.0 Å². The van der Waals surface area contributed by atoms with Gasteiger partial charge in [-0.15, -0.1) is 0 Å². The smallest absolute Gasteiger partial charge is 0.244 e. The van der Waals surface area contributed by atoms with Crippen molar-refractivity contribution < 1.29 is 22.7 Å². The first-order valence-electron chi connectivity index (χ1n) is 13.7. The predicted molar refractivity (Wildman–Crippen MR) is 163 cm³/mol. The number of carbonyl (C=O) groups excluding carboxylic acids is 2. The third-order valence-electron chi connectivity index (χ3n) is 6.57. The maximum atomic E-state index is 13.8. The molecule has 2 amide bonds. The molecule has 8 nitrogen and oxygen atoms in total. The Balaban J connectivity index is 1.84. The molecular weight excluding hydrogens is 562 g/mol. The van der Waals surface area contributed by atoms with Crippen molar-refractivity contribution in [3.8, 4) is 5.75 Å². The van der Waals surface area contributed by atoms with E-state index in [0.717, 1.165) is 29.0 Å². The van der Waals surface area contributed by atoms with E-state index >= 15 is 0 Å². The number of ether oxygens (including phenoxy) is 1. The van der Waals surface area contributed by atoms with Gasteiger partial charge in [0, 0.05) is 18.1 Å². The molecule has 1 atom stereocenters. The van der Waals surface area contributed by atoms with Crippen LogP contribution in [0.2, 0.25) is 5.02 Å². The summed E-state index contributed by atoms with van der Waals surface area (Å²) >= 11 is 6.40. The van der Waals surface area contributed by atoms with Crippen molar-refractivity contribution in [3.05, 3.63) is 95.0 Å². The van der Waals surface area contributed by atoms with Crippen molar-refractivity contribution in [3.63, 3.8) is 0 Å². The highest BCUT2D eigenvalue weighted by Crippen LogP contribution is 2.24. The lowest BCUT2D eigenvalue weighted by molar-refractivity contribution is -0.140. The molecule has 220 valence electrons. The average Bonchev–Trinajstić information content (AvgIpc) is 2.96. The molecule has 3 aromatic rings. The molecule has 0 aliphatic carbocycles. The number of halogens is 1. The van der Waals surface area contributed by atoms with E-state index in [4.69, 9.17) is 16.3 Å². The van der Waals surface area contributed by atoms with Gasteiger partial charge in [0.15, 0.2) is 0 Å². The van der Waals surface area contributed by atoms with Crippen LogP contribution in [0.5, 0.6) is 5.75 Å². The zero-order valence-electron chi connectivity index (χ0n) is 23.8. The summed E-state index contributed by atoms with van der Waals surface area (Å²) in [5, 5.41) is 3.36. The minimum Gasteiger partial charge on any atom is -0.489 e. The Morgan fingerprint density at radius 3 is 2.22 bits per heavy atom. The molecule has 1 N–H and O–H groups in total. The van der Waals surface area contributed by atoms with Crippen LogP contribution in [0.15, 0.2) is 78.9 Å². The Kier molecular flexibility index (Phi) is 12.0. The number of hydrogen-bond donors (Lipinski definition) is 1. The second-order valence-corrected chi connectivity index (χ2v) is 12.0. The molecule has 41 heavy (non-hydrogen) atoms. The summed E-state index contributed by atoms with van der Waals surface area (Å²) in [7, 11) is -3.85. The number of unbranched alkanes of at least 4 members (excludes halogenated alkanes) is 1. The highest BCUT2D eigenvalue weighted by Gasteiger charge is 2.32.